The van der Waals surface area contributed by atoms with Gasteiger partial charge in [0.15, 0.2) is 0 Å². The van der Waals surface area contributed by atoms with Crippen LogP contribution in [-0.2, 0) is 10.0 Å². The minimum absolute atomic E-state index is 0.0113. The molecule has 0 unspecified atom stereocenters. The lowest BCUT2D eigenvalue weighted by Crippen LogP contribution is -2.27. The molecule has 0 fully saturated rings. The van der Waals surface area contributed by atoms with Crippen molar-refractivity contribution in [2.75, 3.05) is 11.3 Å². The van der Waals surface area contributed by atoms with Crippen LogP contribution in [0.2, 0.25) is 0 Å². The highest BCUT2D eigenvalue weighted by Gasteiger charge is 2.22. The smallest absolute Gasteiger partial charge is 0.262 e. The van der Waals surface area contributed by atoms with Crippen molar-refractivity contribution >= 4 is 21.6 Å². The fourth-order valence-corrected chi connectivity index (χ4v) is 5.25. The molecule has 1 amide bonds. The molecule has 2 aromatic carbocycles. The summed E-state index contributed by atoms with van der Waals surface area (Å²) in [5.74, 6) is -0.354. The van der Waals surface area contributed by atoms with Gasteiger partial charge in [-0.1, -0.05) is 107 Å². The highest BCUT2D eigenvalue weighted by molar-refractivity contribution is 7.92. The van der Waals surface area contributed by atoms with Gasteiger partial charge in [0.25, 0.3) is 15.9 Å². The summed E-state index contributed by atoms with van der Waals surface area (Å²) in [6.07, 6.45) is 15.1. The van der Waals surface area contributed by atoms with Crippen LogP contribution in [0.15, 0.2) is 53.4 Å². The standard InChI is InChI=1S/C28H42N2O3S/c1-3-4-5-6-7-8-9-10-11-12-13-16-23-29-28(31)26-17-14-15-18-27(26)34(32,33)30-25-21-19-24(2)20-22-25/h14-15,17-22,30H,3-13,16,23H2,1-2H3,(H,29,31). The zero-order valence-electron chi connectivity index (χ0n) is 20.9. The van der Waals surface area contributed by atoms with Crippen LogP contribution in [0.4, 0.5) is 5.69 Å². The Morgan fingerprint density at radius 2 is 1.26 bits per heavy atom. The Morgan fingerprint density at radius 1 is 0.735 bits per heavy atom. The van der Waals surface area contributed by atoms with Gasteiger partial charge in [-0.2, -0.15) is 0 Å². The van der Waals surface area contributed by atoms with E-state index in [1.165, 1.54) is 70.3 Å². The van der Waals surface area contributed by atoms with Crippen molar-refractivity contribution in [3.05, 3.63) is 59.7 Å². The molecule has 2 N–H and O–H groups in total. The van der Waals surface area contributed by atoms with Crippen molar-refractivity contribution in [3.8, 4) is 0 Å². The number of hydrogen-bond acceptors (Lipinski definition) is 3. The first kappa shape index (κ1) is 27.9. The Labute approximate surface area is 206 Å². The summed E-state index contributed by atoms with van der Waals surface area (Å²) in [4.78, 5) is 12.7. The third-order valence-electron chi connectivity index (χ3n) is 6.04. The number of rotatable bonds is 17. The Balaban J connectivity index is 1.70. The summed E-state index contributed by atoms with van der Waals surface area (Å²) in [6.45, 7) is 4.74. The fourth-order valence-electron chi connectivity index (χ4n) is 3.98. The molecule has 2 rings (SSSR count). The number of hydrogen-bond donors (Lipinski definition) is 2. The van der Waals surface area contributed by atoms with Crippen molar-refractivity contribution in [2.45, 2.75) is 95.8 Å². The molecular weight excluding hydrogens is 444 g/mol. The number of carbonyl (C=O) groups excluding carboxylic acids is 1. The van der Waals surface area contributed by atoms with Gasteiger partial charge in [0.1, 0.15) is 4.90 Å². The van der Waals surface area contributed by atoms with E-state index in [0.717, 1.165) is 18.4 Å². The molecule has 0 bridgehead atoms. The quantitative estimate of drug-likeness (QED) is 0.232. The van der Waals surface area contributed by atoms with Crippen molar-refractivity contribution in [1.82, 2.24) is 5.32 Å². The van der Waals surface area contributed by atoms with Gasteiger partial charge in [-0.25, -0.2) is 8.42 Å². The molecule has 0 aliphatic carbocycles. The summed E-state index contributed by atoms with van der Waals surface area (Å²) >= 11 is 0. The monoisotopic (exact) mass is 486 g/mol. The third kappa shape index (κ3) is 10.3. The van der Waals surface area contributed by atoms with Crippen LogP contribution in [0.1, 0.15) is 99.9 Å². The molecule has 0 aliphatic rings. The normalized spacial score (nSPS) is 11.4. The molecule has 2 aromatic rings. The minimum atomic E-state index is -3.87. The number of carbonyl (C=O) groups is 1. The number of benzene rings is 2. The van der Waals surface area contributed by atoms with E-state index in [0.29, 0.717) is 12.2 Å². The number of sulfonamides is 1. The molecule has 0 saturated carbocycles. The summed E-state index contributed by atoms with van der Waals surface area (Å²) in [7, 11) is -3.87. The van der Waals surface area contributed by atoms with Gasteiger partial charge in [0, 0.05) is 12.2 Å². The lowest BCUT2D eigenvalue weighted by Gasteiger charge is -2.13. The van der Waals surface area contributed by atoms with Gasteiger partial charge in [-0.15, -0.1) is 0 Å². The van der Waals surface area contributed by atoms with Crippen LogP contribution < -0.4 is 10.0 Å². The Morgan fingerprint density at radius 3 is 1.85 bits per heavy atom. The van der Waals surface area contributed by atoms with Crippen LogP contribution in [-0.4, -0.2) is 20.9 Å². The maximum Gasteiger partial charge on any atom is 0.262 e. The first-order valence-corrected chi connectivity index (χ1v) is 14.4. The molecule has 0 saturated heterocycles. The van der Waals surface area contributed by atoms with E-state index in [1.54, 1.807) is 30.3 Å². The summed E-state index contributed by atoms with van der Waals surface area (Å²) in [5.41, 5.74) is 1.68. The van der Waals surface area contributed by atoms with Crippen molar-refractivity contribution in [2.24, 2.45) is 0 Å². The van der Waals surface area contributed by atoms with E-state index in [-0.39, 0.29) is 16.4 Å². The van der Waals surface area contributed by atoms with Gasteiger partial charge in [0.05, 0.1) is 5.56 Å². The van der Waals surface area contributed by atoms with Crippen LogP contribution in [0.3, 0.4) is 0 Å². The van der Waals surface area contributed by atoms with Gasteiger partial charge >= 0.3 is 0 Å². The maximum absolute atomic E-state index is 12.9. The number of aryl methyl sites for hydroxylation is 1. The van der Waals surface area contributed by atoms with Crippen molar-refractivity contribution in [3.63, 3.8) is 0 Å². The Bertz CT molecular complexity index is 956. The third-order valence-corrected chi connectivity index (χ3v) is 7.48. The largest absolute Gasteiger partial charge is 0.352 e. The molecule has 0 aliphatic heterocycles. The molecule has 6 heteroatoms. The number of nitrogens with one attached hydrogen (secondary N) is 2. The zero-order chi connectivity index (χ0) is 24.7. The average molecular weight is 487 g/mol. The number of anilines is 1. The second kappa shape index (κ2) is 15.5. The molecule has 5 nitrogen and oxygen atoms in total. The molecule has 0 aromatic heterocycles. The minimum Gasteiger partial charge on any atom is -0.352 e. The van der Waals surface area contributed by atoms with Gasteiger partial charge in [0.2, 0.25) is 0 Å². The van der Waals surface area contributed by atoms with Gasteiger partial charge < -0.3 is 5.32 Å². The predicted molar refractivity (Wildman–Crippen MR) is 142 cm³/mol. The van der Waals surface area contributed by atoms with Crippen LogP contribution in [0.5, 0.6) is 0 Å². The highest BCUT2D eigenvalue weighted by atomic mass is 32.2. The Hall–Kier alpha value is -2.34. The summed E-state index contributed by atoms with van der Waals surface area (Å²) in [6, 6.07) is 13.4. The van der Waals surface area contributed by atoms with Gasteiger partial charge in [-0.05, 0) is 37.6 Å². The predicted octanol–water partition coefficient (Wildman–Crippen LogP) is 7.23. The summed E-state index contributed by atoms with van der Waals surface area (Å²) in [5, 5.41) is 2.89. The lowest BCUT2D eigenvalue weighted by molar-refractivity contribution is 0.0949. The number of amides is 1. The maximum atomic E-state index is 12.9. The lowest BCUT2D eigenvalue weighted by atomic mass is 10.1. The van der Waals surface area contributed by atoms with E-state index in [4.69, 9.17) is 0 Å². The van der Waals surface area contributed by atoms with E-state index in [2.05, 4.69) is 17.0 Å². The fraction of sp³-hybridized carbons (Fsp3) is 0.536. The van der Waals surface area contributed by atoms with Crippen LogP contribution >= 0.6 is 0 Å². The topological polar surface area (TPSA) is 75.3 Å². The van der Waals surface area contributed by atoms with Gasteiger partial charge in [-0.3, -0.25) is 9.52 Å². The van der Waals surface area contributed by atoms with Crippen molar-refractivity contribution < 1.29 is 13.2 Å². The van der Waals surface area contributed by atoms with E-state index < -0.39 is 10.0 Å². The number of unbranched alkanes of at least 4 members (excludes halogenated alkanes) is 11. The SMILES string of the molecule is CCCCCCCCCCCCCCNC(=O)c1ccccc1S(=O)(=O)Nc1ccc(C)cc1. The first-order valence-electron chi connectivity index (χ1n) is 12.9. The van der Waals surface area contributed by atoms with Crippen LogP contribution in [0.25, 0.3) is 0 Å². The van der Waals surface area contributed by atoms with E-state index in [9.17, 15) is 13.2 Å². The van der Waals surface area contributed by atoms with E-state index in [1.807, 2.05) is 19.1 Å². The summed E-state index contributed by atoms with van der Waals surface area (Å²) < 4.78 is 28.4. The zero-order valence-corrected chi connectivity index (χ0v) is 21.8. The molecule has 188 valence electrons. The molecule has 0 heterocycles. The molecule has 0 spiro atoms. The highest BCUT2D eigenvalue weighted by Crippen LogP contribution is 2.20. The second-order valence-corrected chi connectivity index (χ2v) is 10.8. The second-order valence-electron chi connectivity index (χ2n) is 9.11. The first-order chi connectivity index (χ1) is 16.4. The average Bonchev–Trinajstić information content (AvgIpc) is 2.83. The molecule has 0 radical (unpaired) electrons. The van der Waals surface area contributed by atoms with Crippen LogP contribution in [0, 0.1) is 6.92 Å². The molecule has 34 heavy (non-hydrogen) atoms. The Kier molecular flexibility index (Phi) is 12.8. The van der Waals surface area contributed by atoms with Crippen molar-refractivity contribution in [1.29, 1.82) is 0 Å². The molecule has 0 atom stereocenters. The molecular formula is C28H42N2O3S. The van der Waals surface area contributed by atoms with E-state index >= 15 is 0 Å².